The van der Waals surface area contributed by atoms with Gasteiger partial charge in [0.1, 0.15) is 11.6 Å². The van der Waals surface area contributed by atoms with E-state index in [2.05, 4.69) is 10.6 Å². The molecule has 2 N–H and O–H groups in total. The molecule has 0 unspecified atom stereocenters. The molecule has 0 aromatic heterocycles. The fraction of sp³-hybridized carbons (Fsp3) is 0.579. The number of nitrogens with one attached hydrogen (secondary N) is 2. The molecular weight excluding hydrogens is 302 g/mol. The molecule has 1 aromatic carbocycles. The summed E-state index contributed by atoms with van der Waals surface area (Å²) in [6.07, 6.45) is 4.44. The van der Waals surface area contributed by atoms with E-state index in [4.69, 9.17) is 0 Å². The standard InChI is InChI=1S/C19H29N3O2/c1-14-9-8-10-15(13-14)16(22(3)4)17(23)21-19(18(24)20-2)11-6-5-7-12-19/h8-10,13,16H,5-7,11-12H2,1-4H3,(H,20,24)(H,21,23)/t16-/m0/s1. The van der Waals surface area contributed by atoms with Gasteiger partial charge in [0.05, 0.1) is 0 Å². The van der Waals surface area contributed by atoms with Crippen molar-refractivity contribution < 1.29 is 9.59 Å². The van der Waals surface area contributed by atoms with Gasteiger partial charge in [-0.15, -0.1) is 0 Å². The van der Waals surface area contributed by atoms with Crippen LogP contribution in [0.25, 0.3) is 0 Å². The maximum absolute atomic E-state index is 13.1. The molecule has 2 amide bonds. The van der Waals surface area contributed by atoms with Gasteiger partial charge < -0.3 is 10.6 Å². The average molecular weight is 331 g/mol. The van der Waals surface area contributed by atoms with Crippen molar-refractivity contribution in [2.75, 3.05) is 21.1 Å². The van der Waals surface area contributed by atoms with Crippen LogP contribution in [0.4, 0.5) is 0 Å². The second-order valence-electron chi connectivity index (χ2n) is 6.99. The van der Waals surface area contributed by atoms with Gasteiger partial charge in [-0.3, -0.25) is 14.5 Å². The van der Waals surface area contributed by atoms with Crippen molar-refractivity contribution in [3.05, 3.63) is 35.4 Å². The Morgan fingerprint density at radius 2 is 1.83 bits per heavy atom. The molecule has 0 spiro atoms. The molecule has 1 aliphatic carbocycles. The number of amides is 2. The van der Waals surface area contributed by atoms with Crippen LogP contribution < -0.4 is 10.6 Å². The lowest BCUT2D eigenvalue weighted by Gasteiger charge is -2.38. The van der Waals surface area contributed by atoms with E-state index in [1.54, 1.807) is 7.05 Å². The minimum Gasteiger partial charge on any atom is -0.357 e. The van der Waals surface area contributed by atoms with Crippen LogP contribution in [-0.4, -0.2) is 43.4 Å². The SMILES string of the molecule is CNC(=O)C1(NC(=O)[C@H](c2cccc(C)c2)N(C)C)CCCCC1. The summed E-state index contributed by atoms with van der Waals surface area (Å²) in [7, 11) is 5.41. The largest absolute Gasteiger partial charge is 0.357 e. The molecular formula is C19H29N3O2. The molecule has 132 valence electrons. The topological polar surface area (TPSA) is 61.4 Å². The monoisotopic (exact) mass is 331 g/mol. The first-order valence-corrected chi connectivity index (χ1v) is 8.67. The summed E-state index contributed by atoms with van der Waals surface area (Å²) in [5.41, 5.74) is 1.29. The molecule has 0 aliphatic heterocycles. The third-order valence-electron chi connectivity index (χ3n) is 4.85. The van der Waals surface area contributed by atoms with E-state index in [9.17, 15) is 9.59 Å². The van der Waals surface area contributed by atoms with Gasteiger partial charge in [-0.05, 0) is 39.4 Å². The quantitative estimate of drug-likeness (QED) is 0.869. The molecule has 0 heterocycles. The molecule has 0 bridgehead atoms. The van der Waals surface area contributed by atoms with Gasteiger partial charge in [-0.2, -0.15) is 0 Å². The molecule has 1 atom stereocenters. The Balaban J connectivity index is 2.27. The van der Waals surface area contributed by atoms with Crippen LogP contribution in [0, 0.1) is 6.92 Å². The zero-order chi connectivity index (χ0) is 17.7. The molecule has 1 saturated carbocycles. The van der Waals surface area contributed by atoms with E-state index in [1.807, 2.05) is 50.2 Å². The smallest absolute Gasteiger partial charge is 0.245 e. The summed E-state index contributed by atoms with van der Waals surface area (Å²) < 4.78 is 0. The first-order chi connectivity index (χ1) is 11.4. The van der Waals surface area contributed by atoms with Gasteiger partial charge in [-0.25, -0.2) is 0 Å². The average Bonchev–Trinajstić information content (AvgIpc) is 2.54. The van der Waals surface area contributed by atoms with Crippen LogP contribution in [0.2, 0.25) is 0 Å². The van der Waals surface area contributed by atoms with Crippen LogP contribution in [0.1, 0.15) is 49.3 Å². The number of likely N-dealkylation sites (N-methyl/N-ethyl adjacent to an activating group) is 2. The Labute approximate surface area is 144 Å². The third-order valence-corrected chi connectivity index (χ3v) is 4.85. The zero-order valence-electron chi connectivity index (χ0n) is 15.2. The highest BCUT2D eigenvalue weighted by Gasteiger charge is 2.41. The Hall–Kier alpha value is -1.88. The molecule has 5 heteroatoms. The van der Waals surface area contributed by atoms with Crippen molar-refractivity contribution in [1.82, 2.24) is 15.5 Å². The third kappa shape index (κ3) is 3.96. The fourth-order valence-electron chi connectivity index (χ4n) is 3.63. The fourth-order valence-corrected chi connectivity index (χ4v) is 3.63. The van der Waals surface area contributed by atoms with Gasteiger partial charge in [0.2, 0.25) is 11.8 Å². The Morgan fingerprint density at radius 3 is 2.38 bits per heavy atom. The van der Waals surface area contributed by atoms with E-state index < -0.39 is 11.6 Å². The highest BCUT2D eigenvalue weighted by molar-refractivity contribution is 5.93. The molecule has 0 radical (unpaired) electrons. The Kier molecular flexibility index (Phi) is 5.99. The first-order valence-electron chi connectivity index (χ1n) is 8.67. The van der Waals surface area contributed by atoms with E-state index in [1.165, 1.54) is 0 Å². The normalized spacial score (nSPS) is 18.0. The lowest BCUT2D eigenvalue weighted by molar-refractivity contribution is -0.137. The first kappa shape index (κ1) is 18.5. The molecule has 0 saturated heterocycles. The van der Waals surface area contributed by atoms with Crippen LogP contribution in [0.3, 0.4) is 0 Å². The summed E-state index contributed by atoms with van der Waals surface area (Å²) in [6, 6.07) is 7.56. The summed E-state index contributed by atoms with van der Waals surface area (Å²) >= 11 is 0. The number of carbonyl (C=O) groups is 2. The van der Waals surface area contributed by atoms with Crippen molar-refractivity contribution in [1.29, 1.82) is 0 Å². The number of benzene rings is 1. The highest BCUT2D eigenvalue weighted by atomic mass is 16.2. The molecule has 1 aliphatic rings. The summed E-state index contributed by atoms with van der Waals surface area (Å²) in [4.78, 5) is 27.4. The maximum atomic E-state index is 13.1. The van der Waals surface area contributed by atoms with Crippen LogP contribution >= 0.6 is 0 Å². The van der Waals surface area contributed by atoms with Crippen molar-refractivity contribution in [2.24, 2.45) is 0 Å². The number of aryl methyl sites for hydroxylation is 1. The van der Waals surface area contributed by atoms with Crippen molar-refractivity contribution in [3.8, 4) is 0 Å². The van der Waals surface area contributed by atoms with Crippen molar-refractivity contribution in [2.45, 2.75) is 50.6 Å². The lowest BCUT2D eigenvalue weighted by Crippen LogP contribution is -2.60. The summed E-state index contributed by atoms with van der Waals surface area (Å²) in [5.74, 6) is -0.201. The number of carbonyl (C=O) groups excluding carboxylic acids is 2. The van der Waals surface area contributed by atoms with Gasteiger partial charge in [0.15, 0.2) is 0 Å². The van der Waals surface area contributed by atoms with Crippen molar-refractivity contribution in [3.63, 3.8) is 0 Å². The molecule has 24 heavy (non-hydrogen) atoms. The Morgan fingerprint density at radius 1 is 1.17 bits per heavy atom. The second-order valence-corrected chi connectivity index (χ2v) is 6.99. The van der Waals surface area contributed by atoms with Crippen LogP contribution in [0.15, 0.2) is 24.3 Å². The van der Waals surface area contributed by atoms with Gasteiger partial charge in [0.25, 0.3) is 0 Å². The molecule has 5 nitrogen and oxygen atoms in total. The predicted molar refractivity (Wildman–Crippen MR) is 95.6 cm³/mol. The summed E-state index contributed by atoms with van der Waals surface area (Å²) in [5, 5.41) is 5.82. The summed E-state index contributed by atoms with van der Waals surface area (Å²) in [6.45, 7) is 2.02. The van der Waals surface area contributed by atoms with Gasteiger partial charge in [-0.1, -0.05) is 49.1 Å². The lowest BCUT2D eigenvalue weighted by atomic mass is 9.80. The van der Waals surface area contributed by atoms with Crippen LogP contribution in [-0.2, 0) is 9.59 Å². The number of nitrogens with zero attached hydrogens (tertiary/aromatic N) is 1. The maximum Gasteiger partial charge on any atom is 0.245 e. The van der Waals surface area contributed by atoms with E-state index in [0.717, 1.165) is 30.4 Å². The zero-order valence-corrected chi connectivity index (χ0v) is 15.2. The van der Waals surface area contributed by atoms with Crippen LogP contribution in [0.5, 0.6) is 0 Å². The molecule has 1 aromatic rings. The molecule has 1 fully saturated rings. The minimum absolute atomic E-state index is 0.0858. The van der Waals surface area contributed by atoms with Crippen molar-refractivity contribution >= 4 is 11.8 Å². The number of hydrogen-bond donors (Lipinski definition) is 2. The second kappa shape index (κ2) is 7.79. The Bertz CT molecular complexity index is 592. The van der Waals surface area contributed by atoms with Gasteiger partial charge >= 0.3 is 0 Å². The molecule has 2 rings (SSSR count). The van der Waals surface area contributed by atoms with E-state index >= 15 is 0 Å². The minimum atomic E-state index is -0.776. The van der Waals surface area contributed by atoms with E-state index in [0.29, 0.717) is 12.8 Å². The number of hydrogen-bond acceptors (Lipinski definition) is 3. The van der Waals surface area contributed by atoms with E-state index in [-0.39, 0.29) is 11.8 Å². The van der Waals surface area contributed by atoms with Gasteiger partial charge in [0, 0.05) is 7.05 Å². The predicted octanol–water partition coefficient (Wildman–Crippen LogP) is 2.16. The number of rotatable bonds is 5. The highest BCUT2D eigenvalue weighted by Crippen LogP contribution is 2.30.